The van der Waals surface area contributed by atoms with Gasteiger partial charge >= 0.3 is 7.94 Å². The van der Waals surface area contributed by atoms with Gasteiger partial charge in [-0.3, -0.25) is 0 Å². The first-order valence-electron chi connectivity index (χ1n) is 3.31. The molecule has 0 saturated carbocycles. The van der Waals surface area contributed by atoms with E-state index < -0.39 is 7.94 Å². The third-order valence-corrected chi connectivity index (χ3v) is 2.12. The lowest BCUT2D eigenvalue weighted by Gasteiger charge is -2.03. The van der Waals surface area contributed by atoms with Crippen molar-refractivity contribution < 1.29 is 19.8 Å². The molecule has 66 valence electrons. The second-order valence-electron chi connectivity index (χ2n) is 2.52. The first kappa shape index (κ1) is 9.42. The van der Waals surface area contributed by atoms with Crippen LogP contribution in [0.4, 0.5) is 0 Å². The summed E-state index contributed by atoms with van der Waals surface area (Å²) in [5.74, 6) is 0.108. The molecule has 0 aliphatic rings. The van der Waals surface area contributed by atoms with Gasteiger partial charge in [0.15, 0.2) is 6.16 Å². The fourth-order valence-electron chi connectivity index (χ4n) is 0.846. The van der Waals surface area contributed by atoms with Crippen molar-refractivity contribution in [2.24, 2.45) is 0 Å². The van der Waals surface area contributed by atoms with Crippen LogP contribution in [0.25, 0.3) is 0 Å². The van der Waals surface area contributed by atoms with Crippen molar-refractivity contribution in [3.63, 3.8) is 0 Å². The predicted molar refractivity (Wildman–Crippen MR) is 45.4 cm³/mol. The zero-order valence-corrected chi connectivity index (χ0v) is 7.15. The molecule has 0 amide bonds. The van der Waals surface area contributed by atoms with Gasteiger partial charge in [-0.25, -0.2) is 0 Å². The number of hydrogen-bond acceptors (Lipinski definition) is 4. The highest BCUT2D eigenvalue weighted by Gasteiger charge is 2.29. The van der Waals surface area contributed by atoms with Crippen molar-refractivity contribution in [2.45, 2.75) is 6.16 Å². The summed E-state index contributed by atoms with van der Waals surface area (Å²) in [4.78, 5) is 26.1. The number of rotatable bonds is 2. The van der Waals surface area contributed by atoms with E-state index in [2.05, 4.69) is 0 Å². The molecule has 0 atom stereocenters. The average molecular weight is 189 g/mol. The number of hydrogen-bond donors (Lipinski definition) is 4. The van der Waals surface area contributed by atoms with Gasteiger partial charge in [-0.15, -0.1) is 0 Å². The first-order valence-corrected chi connectivity index (χ1v) is 5.15. The van der Waals surface area contributed by atoms with Crippen molar-refractivity contribution >= 4 is 7.94 Å². The molecule has 5 heteroatoms. The fourth-order valence-corrected chi connectivity index (χ4v) is 1.55. The second-order valence-corrected chi connectivity index (χ2v) is 4.22. The molecule has 0 bridgehead atoms. The van der Waals surface area contributed by atoms with E-state index in [1.807, 2.05) is 0 Å². The van der Waals surface area contributed by atoms with Gasteiger partial charge in [-0.2, -0.15) is 14.7 Å². The Morgan fingerprint density at radius 2 is 1.50 bits per heavy atom. The molecule has 1 aromatic carbocycles. The Morgan fingerprint density at radius 3 is 1.92 bits per heavy atom. The van der Waals surface area contributed by atoms with Crippen molar-refractivity contribution in [1.82, 2.24) is 0 Å². The van der Waals surface area contributed by atoms with Gasteiger partial charge in [0.2, 0.25) is 0 Å². The van der Waals surface area contributed by atoms with E-state index >= 15 is 0 Å². The SMILES string of the molecule is Oc1ccc(C[P+](O)(O)O)cc1. The van der Waals surface area contributed by atoms with Crippen molar-refractivity contribution in [3.8, 4) is 5.75 Å². The van der Waals surface area contributed by atoms with E-state index in [4.69, 9.17) is 19.8 Å². The van der Waals surface area contributed by atoms with Gasteiger partial charge in [-0.05, 0) is 17.7 Å². The summed E-state index contributed by atoms with van der Waals surface area (Å²) in [6.07, 6.45) is -0.173. The molecule has 0 aliphatic heterocycles. The molecule has 0 radical (unpaired) electrons. The van der Waals surface area contributed by atoms with Gasteiger partial charge < -0.3 is 5.11 Å². The van der Waals surface area contributed by atoms with Gasteiger partial charge in [0, 0.05) is 0 Å². The Balaban J connectivity index is 2.71. The maximum atomic E-state index is 8.88. The molecule has 12 heavy (non-hydrogen) atoms. The van der Waals surface area contributed by atoms with Crippen LogP contribution in [0, 0.1) is 0 Å². The maximum absolute atomic E-state index is 8.88. The highest BCUT2D eigenvalue weighted by Crippen LogP contribution is 2.48. The molecule has 0 aromatic heterocycles. The molecule has 0 saturated heterocycles. The summed E-state index contributed by atoms with van der Waals surface area (Å²) >= 11 is 0. The highest BCUT2D eigenvalue weighted by atomic mass is 31.2. The van der Waals surface area contributed by atoms with E-state index in [0.29, 0.717) is 5.56 Å². The van der Waals surface area contributed by atoms with E-state index in [1.54, 1.807) is 0 Å². The zero-order chi connectivity index (χ0) is 9.19. The van der Waals surface area contributed by atoms with Crippen LogP contribution < -0.4 is 0 Å². The second kappa shape index (κ2) is 3.37. The normalized spacial score (nSPS) is 11.6. The average Bonchev–Trinajstić information content (AvgIpc) is 1.91. The highest BCUT2D eigenvalue weighted by molar-refractivity contribution is 7.57. The quantitative estimate of drug-likeness (QED) is 0.514. The maximum Gasteiger partial charge on any atom is 0.408 e. The molecular formula is C7H10O4P+. The molecule has 0 heterocycles. The standard InChI is InChI=1S/C7H9O4P/c8-7-3-1-6(2-4-7)5-12(9,10)11/h1-4,9-11H,5H2/p+1. The Labute approximate surface area is 70.3 Å². The number of aromatic hydroxyl groups is 1. The van der Waals surface area contributed by atoms with Crippen molar-refractivity contribution in [2.75, 3.05) is 0 Å². The first-order chi connectivity index (χ1) is 5.47. The van der Waals surface area contributed by atoms with Crippen LogP contribution >= 0.6 is 7.94 Å². The van der Waals surface area contributed by atoms with Gasteiger partial charge in [0.05, 0.1) is 0 Å². The van der Waals surface area contributed by atoms with Gasteiger partial charge in [-0.1, -0.05) is 12.1 Å². The predicted octanol–water partition coefficient (Wildman–Crippen LogP) is 0.632. The Kier molecular flexibility index (Phi) is 2.65. The smallest absolute Gasteiger partial charge is 0.408 e. The molecule has 4 N–H and O–H groups in total. The summed E-state index contributed by atoms with van der Waals surface area (Å²) < 4.78 is 0. The van der Waals surface area contributed by atoms with Crippen LogP contribution in [0.5, 0.6) is 5.75 Å². The molecule has 4 nitrogen and oxygen atoms in total. The van der Waals surface area contributed by atoms with E-state index in [-0.39, 0.29) is 11.9 Å². The molecule has 0 aliphatic carbocycles. The molecular weight excluding hydrogens is 179 g/mol. The lowest BCUT2D eigenvalue weighted by atomic mass is 10.2. The Bertz CT molecular complexity index is 251. The van der Waals surface area contributed by atoms with Crippen LogP contribution in [0.2, 0.25) is 0 Å². The van der Waals surface area contributed by atoms with Crippen LogP contribution in [0.1, 0.15) is 5.56 Å². The summed E-state index contributed by atoms with van der Waals surface area (Å²) in [5.41, 5.74) is 0.577. The molecule has 0 spiro atoms. The zero-order valence-electron chi connectivity index (χ0n) is 6.25. The number of benzene rings is 1. The minimum atomic E-state index is -3.73. The lowest BCUT2D eigenvalue weighted by Crippen LogP contribution is -1.92. The van der Waals surface area contributed by atoms with Crippen LogP contribution in [-0.2, 0) is 6.16 Å². The largest absolute Gasteiger partial charge is 0.508 e. The topological polar surface area (TPSA) is 80.9 Å². The fraction of sp³-hybridized carbons (Fsp3) is 0.143. The van der Waals surface area contributed by atoms with Crippen LogP contribution in [-0.4, -0.2) is 19.8 Å². The van der Waals surface area contributed by atoms with Gasteiger partial charge in [0.25, 0.3) is 0 Å². The van der Waals surface area contributed by atoms with Gasteiger partial charge in [0.1, 0.15) is 5.75 Å². The third-order valence-electron chi connectivity index (χ3n) is 1.33. The minimum absolute atomic E-state index is 0.108. The Morgan fingerprint density at radius 1 is 1.00 bits per heavy atom. The summed E-state index contributed by atoms with van der Waals surface area (Å²) in [7, 11) is -3.73. The van der Waals surface area contributed by atoms with Crippen LogP contribution in [0.3, 0.4) is 0 Å². The summed E-state index contributed by atoms with van der Waals surface area (Å²) in [6.45, 7) is 0. The Hall–Kier alpha value is -0.670. The van der Waals surface area contributed by atoms with E-state index in [9.17, 15) is 0 Å². The third kappa shape index (κ3) is 3.15. The number of phenolic OH excluding ortho intramolecular Hbond substituents is 1. The summed E-state index contributed by atoms with van der Waals surface area (Å²) in [6, 6.07) is 5.88. The van der Waals surface area contributed by atoms with E-state index in [1.165, 1.54) is 24.3 Å². The van der Waals surface area contributed by atoms with Crippen molar-refractivity contribution in [3.05, 3.63) is 29.8 Å². The monoisotopic (exact) mass is 189 g/mol. The molecule has 0 unspecified atom stereocenters. The molecule has 1 aromatic rings. The van der Waals surface area contributed by atoms with Crippen molar-refractivity contribution in [1.29, 1.82) is 0 Å². The van der Waals surface area contributed by atoms with Crippen LogP contribution in [0.15, 0.2) is 24.3 Å². The molecule has 1 rings (SSSR count). The summed E-state index contributed by atoms with van der Waals surface area (Å²) in [5, 5.41) is 8.88. The van der Waals surface area contributed by atoms with E-state index in [0.717, 1.165) is 0 Å². The molecule has 0 fully saturated rings. The number of phenols is 1. The lowest BCUT2D eigenvalue weighted by molar-refractivity contribution is 0.329. The minimum Gasteiger partial charge on any atom is -0.508 e.